The number of cyclic esters (lactones) is 2. The Kier molecular flexibility index (Phi) is 8.45. The molecule has 0 radical (unpaired) electrons. The largest absolute Gasteiger partial charge is 0.447 e. The average molecular weight is 656 g/mol. The molecule has 3 amide bonds. The number of aromatic nitrogens is 1. The molecule has 2 aromatic carbocycles. The van der Waals surface area contributed by atoms with Gasteiger partial charge in [-0.05, 0) is 43.4 Å². The number of rotatable bonds is 4. The van der Waals surface area contributed by atoms with E-state index >= 15 is 0 Å². The highest BCUT2D eigenvalue weighted by Gasteiger charge is 2.63. The van der Waals surface area contributed by atoms with Crippen molar-refractivity contribution < 1.29 is 54.6 Å². The summed E-state index contributed by atoms with van der Waals surface area (Å²) >= 11 is 11.5. The van der Waals surface area contributed by atoms with E-state index in [1.807, 2.05) is 10.6 Å². The van der Waals surface area contributed by atoms with Crippen LogP contribution in [0.2, 0.25) is 10.0 Å². The first-order chi connectivity index (χ1) is 20.0. The first-order valence-corrected chi connectivity index (χ1v) is 12.4. The number of carbonyl (C=O) groups excluding carboxylic acids is 3. The summed E-state index contributed by atoms with van der Waals surface area (Å²) in [7, 11) is 1.05. The first kappa shape index (κ1) is 31.7. The second kappa shape index (κ2) is 11.5. The maximum atomic E-state index is 13.8. The highest BCUT2D eigenvalue weighted by atomic mass is 35.5. The Hall–Kier alpha value is -4.22. The lowest BCUT2D eigenvalue weighted by Gasteiger charge is -2.39. The molecule has 2 atom stereocenters. The minimum Gasteiger partial charge on any atom is -0.441 e. The zero-order valence-corrected chi connectivity index (χ0v) is 22.8. The lowest BCUT2D eigenvalue weighted by molar-refractivity contribution is -0.275. The molecule has 0 saturated heterocycles. The SMILES string of the molecule is CNC1(C(F)(F)F)OC(=O)Nc2ccc(Cl)cc21.O=C1Nc2ccc(Cl)cc2C(CNC(=O)c2ncco2)(C(F)(F)F)O1. The number of fused-ring (bicyclic) bond motifs is 2. The van der Waals surface area contributed by atoms with Crippen LogP contribution < -0.4 is 21.3 Å². The number of halogens is 8. The Labute approximate surface area is 246 Å². The minimum absolute atomic E-state index is 0.00215. The number of oxazole rings is 1. The van der Waals surface area contributed by atoms with Gasteiger partial charge < -0.3 is 19.2 Å². The molecule has 2 unspecified atom stereocenters. The molecule has 0 spiro atoms. The van der Waals surface area contributed by atoms with Crippen molar-refractivity contribution in [3.63, 3.8) is 0 Å². The summed E-state index contributed by atoms with van der Waals surface area (Å²) in [5.74, 6) is -1.42. The van der Waals surface area contributed by atoms with Gasteiger partial charge in [-0.15, -0.1) is 0 Å². The van der Waals surface area contributed by atoms with Crippen molar-refractivity contribution in [1.82, 2.24) is 15.6 Å². The first-order valence-electron chi connectivity index (χ1n) is 11.6. The number of hydrogen-bond donors (Lipinski definition) is 4. The van der Waals surface area contributed by atoms with Crippen LogP contribution in [0.25, 0.3) is 0 Å². The van der Waals surface area contributed by atoms with Crippen molar-refractivity contribution in [2.24, 2.45) is 0 Å². The zero-order chi connectivity index (χ0) is 31.8. The van der Waals surface area contributed by atoms with Gasteiger partial charge in [-0.2, -0.15) is 26.3 Å². The van der Waals surface area contributed by atoms with Crippen LogP contribution in [-0.4, -0.2) is 49.0 Å². The number of carbonyl (C=O) groups is 3. The van der Waals surface area contributed by atoms with E-state index in [1.165, 1.54) is 24.3 Å². The average Bonchev–Trinajstić information content (AvgIpc) is 3.46. The summed E-state index contributed by atoms with van der Waals surface area (Å²) in [6, 6.07) is 7.31. The zero-order valence-electron chi connectivity index (χ0n) is 21.2. The van der Waals surface area contributed by atoms with Crippen LogP contribution in [0, 0.1) is 0 Å². The smallest absolute Gasteiger partial charge is 0.441 e. The van der Waals surface area contributed by atoms with Crippen LogP contribution in [0.4, 0.5) is 47.3 Å². The third-order valence-corrected chi connectivity index (χ3v) is 6.57. The second-order valence-corrected chi connectivity index (χ2v) is 9.56. The Bertz CT molecular complexity index is 1550. The van der Waals surface area contributed by atoms with Crippen molar-refractivity contribution >= 4 is 52.7 Å². The lowest BCUT2D eigenvalue weighted by atomic mass is 9.89. The predicted octanol–water partition coefficient (Wildman–Crippen LogP) is 5.91. The molecule has 2 aliphatic heterocycles. The summed E-state index contributed by atoms with van der Waals surface area (Å²) in [5, 5.41) is 8.49. The van der Waals surface area contributed by atoms with Gasteiger partial charge in [-0.25, -0.2) is 14.6 Å². The number of benzene rings is 2. The highest BCUT2D eigenvalue weighted by molar-refractivity contribution is 6.31. The molecule has 3 aromatic rings. The van der Waals surface area contributed by atoms with E-state index in [1.54, 1.807) is 0 Å². The molecule has 3 heterocycles. The standard InChI is InChI=1S/C14H9ClF3N3O4.C10H8ClF3N2O2/c15-7-1-2-9-8(5-7)13(14(16,17)18,25-12(23)21-9)6-20-10(22)11-19-3-4-24-11;1-15-9(10(12,13)14)6-4-5(11)2-3-7(6)16-8(17)18-9/h1-5H,6H2,(H,20,22)(H,21,23);2-4,15H,1H3,(H,16,17). The number of nitrogens with one attached hydrogen (secondary N) is 4. The molecule has 19 heteroatoms. The van der Waals surface area contributed by atoms with Crippen LogP contribution in [-0.2, 0) is 20.8 Å². The van der Waals surface area contributed by atoms with E-state index < -0.39 is 59.8 Å². The lowest BCUT2D eigenvalue weighted by Crippen LogP contribution is -2.58. The molecule has 4 N–H and O–H groups in total. The summed E-state index contributed by atoms with van der Waals surface area (Å²) in [6.07, 6.45) is -10.1. The van der Waals surface area contributed by atoms with Crippen LogP contribution >= 0.6 is 23.2 Å². The Morgan fingerprint density at radius 2 is 1.47 bits per heavy atom. The molecule has 0 bridgehead atoms. The van der Waals surface area contributed by atoms with E-state index in [9.17, 15) is 40.7 Å². The fourth-order valence-electron chi connectivity index (χ4n) is 4.15. The van der Waals surface area contributed by atoms with Crippen molar-refractivity contribution in [1.29, 1.82) is 0 Å². The van der Waals surface area contributed by atoms with E-state index in [0.29, 0.717) is 0 Å². The second-order valence-electron chi connectivity index (χ2n) is 8.68. The molecule has 43 heavy (non-hydrogen) atoms. The fourth-order valence-corrected chi connectivity index (χ4v) is 4.49. The minimum atomic E-state index is -5.03. The molecule has 11 nitrogen and oxygen atoms in total. The van der Waals surface area contributed by atoms with Crippen molar-refractivity contribution in [3.8, 4) is 0 Å². The number of nitrogens with zero attached hydrogens (tertiary/aromatic N) is 1. The Morgan fingerprint density at radius 3 is 1.98 bits per heavy atom. The molecular weight excluding hydrogens is 639 g/mol. The summed E-state index contributed by atoms with van der Waals surface area (Å²) < 4.78 is 94.7. The van der Waals surface area contributed by atoms with E-state index in [4.69, 9.17) is 27.6 Å². The number of alkyl halides is 6. The quantitative estimate of drug-likeness (QED) is 0.254. The van der Waals surface area contributed by atoms with Crippen molar-refractivity contribution in [2.45, 2.75) is 23.7 Å². The summed E-state index contributed by atoms with van der Waals surface area (Å²) in [4.78, 5) is 38.3. The normalized spacial score (nSPS) is 21.0. The van der Waals surface area contributed by atoms with Crippen molar-refractivity contribution in [2.75, 3.05) is 24.2 Å². The maximum Gasteiger partial charge on any atom is 0.447 e. The van der Waals surface area contributed by atoms with Crippen LogP contribution in [0.5, 0.6) is 0 Å². The van der Waals surface area contributed by atoms with Gasteiger partial charge in [0.2, 0.25) is 0 Å². The van der Waals surface area contributed by atoms with Gasteiger partial charge in [-0.3, -0.25) is 20.7 Å². The van der Waals surface area contributed by atoms with Crippen LogP contribution in [0.3, 0.4) is 0 Å². The van der Waals surface area contributed by atoms with Crippen molar-refractivity contribution in [3.05, 3.63) is 75.9 Å². The molecule has 2 aliphatic rings. The monoisotopic (exact) mass is 655 g/mol. The molecule has 0 saturated carbocycles. The van der Waals surface area contributed by atoms with Gasteiger partial charge in [0.1, 0.15) is 6.26 Å². The summed E-state index contributed by atoms with van der Waals surface area (Å²) in [5.41, 5.74) is -6.84. The number of amides is 3. The van der Waals surface area contributed by atoms with E-state index in [2.05, 4.69) is 25.1 Å². The van der Waals surface area contributed by atoms with Gasteiger partial charge in [-0.1, -0.05) is 23.2 Å². The predicted molar refractivity (Wildman–Crippen MR) is 136 cm³/mol. The van der Waals surface area contributed by atoms with Gasteiger partial charge in [0.25, 0.3) is 17.2 Å². The molecular formula is C24H17Cl2F6N5O6. The van der Waals surface area contributed by atoms with Gasteiger partial charge in [0.15, 0.2) is 0 Å². The third kappa shape index (κ3) is 6.00. The number of hydrogen-bond acceptors (Lipinski definition) is 8. The van der Waals surface area contributed by atoms with Gasteiger partial charge >= 0.3 is 30.4 Å². The maximum absolute atomic E-state index is 13.8. The van der Waals surface area contributed by atoms with E-state index in [0.717, 1.165) is 31.6 Å². The van der Waals surface area contributed by atoms with Crippen LogP contribution in [0.1, 0.15) is 21.8 Å². The van der Waals surface area contributed by atoms with E-state index in [-0.39, 0.29) is 27.0 Å². The van der Waals surface area contributed by atoms with Gasteiger partial charge in [0.05, 0.1) is 24.1 Å². The Morgan fingerprint density at radius 1 is 0.907 bits per heavy atom. The molecule has 5 rings (SSSR count). The Balaban J connectivity index is 0.000000208. The highest BCUT2D eigenvalue weighted by Crippen LogP contribution is 2.48. The molecule has 0 aliphatic carbocycles. The third-order valence-electron chi connectivity index (χ3n) is 6.10. The molecule has 1 aromatic heterocycles. The number of anilines is 2. The fraction of sp³-hybridized carbons (Fsp3) is 0.250. The molecule has 0 fully saturated rings. The topological polar surface area (TPSA) is 144 Å². The van der Waals surface area contributed by atoms with Gasteiger partial charge in [0, 0.05) is 21.2 Å². The van der Waals surface area contributed by atoms with Crippen LogP contribution in [0.15, 0.2) is 53.3 Å². The molecule has 230 valence electrons. The number of ether oxygens (including phenoxy) is 2. The summed E-state index contributed by atoms with van der Waals surface area (Å²) in [6.45, 7) is -1.08.